The van der Waals surface area contributed by atoms with Gasteiger partial charge in [0, 0.05) is 5.70 Å². The van der Waals surface area contributed by atoms with Crippen molar-refractivity contribution in [2.24, 2.45) is 5.84 Å². The van der Waals surface area contributed by atoms with Crippen LogP contribution in [0.25, 0.3) is 0 Å². The van der Waals surface area contributed by atoms with Crippen molar-refractivity contribution in [2.45, 2.75) is 0 Å². The van der Waals surface area contributed by atoms with E-state index in [1.807, 2.05) is 0 Å². The first-order valence-corrected chi connectivity index (χ1v) is 2.58. The Morgan fingerprint density at radius 2 is 2.50 bits per heavy atom. The Kier molecular flexibility index (Phi) is 1.50. The van der Waals surface area contributed by atoms with Gasteiger partial charge in [-0.25, -0.2) is 5.84 Å². The molecule has 1 saturated heterocycles. The van der Waals surface area contributed by atoms with Crippen LogP contribution in [-0.2, 0) is 4.74 Å². The summed E-state index contributed by atoms with van der Waals surface area (Å²) in [6.07, 6.45) is 0. The molecule has 0 spiro atoms. The SMILES string of the molecule is C=C1COCCN1N. The van der Waals surface area contributed by atoms with E-state index in [9.17, 15) is 0 Å². The van der Waals surface area contributed by atoms with Crippen molar-refractivity contribution >= 4 is 0 Å². The van der Waals surface area contributed by atoms with Crippen molar-refractivity contribution in [2.75, 3.05) is 19.8 Å². The van der Waals surface area contributed by atoms with E-state index >= 15 is 0 Å². The topological polar surface area (TPSA) is 38.5 Å². The molecule has 0 aromatic carbocycles. The van der Waals surface area contributed by atoms with E-state index in [1.165, 1.54) is 0 Å². The summed E-state index contributed by atoms with van der Waals surface area (Å²) in [5, 5.41) is 1.61. The lowest BCUT2D eigenvalue weighted by atomic mass is 10.4. The van der Waals surface area contributed by atoms with Gasteiger partial charge in [-0.05, 0) is 0 Å². The first-order valence-electron chi connectivity index (χ1n) is 2.58. The molecule has 0 radical (unpaired) electrons. The molecule has 0 bridgehead atoms. The van der Waals surface area contributed by atoms with Crippen LogP contribution in [0.2, 0.25) is 0 Å². The maximum Gasteiger partial charge on any atom is 0.0873 e. The van der Waals surface area contributed by atoms with E-state index in [-0.39, 0.29) is 0 Å². The number of hydrazine groups is 1. The van der Waals surface area contributed by atoms with Crippen LogP contribution in [0.1, 0.15) is 0 Å². The van der Waals surface area contributed by atoms with E-state index in [1.54, 1.807) is 5.01 Å². The summed E-state index contributed by atoms with van der Waals surface area (Å²) >= 11 is 0. The molecule has 3 nitrogen and oxygen atoms in total. The number of hydrogen-bond donors (Lipinski definition) is 1. The monoisotopic (exact) mass is 114 g/mol. The van der Waals surface area contributed by atoms with Crippen LogP contribution in [0.15, 0.2) is 12.3 Å². The molecule has 1 aliphatic rings. The van der Waals surface area contributed by atoms with Crippen molar-refractivity contribution in [3.8, 4) is 0 Å². The summed E-state index contributed by atoms with van der Waals surface area (Å²) in [5.74, 6) is 5.43. The number of nitrogens with two attached hydrogens (primary N) is 1. The van der Waals surface area contributed by atoms with Crippen molar-refractivity contribution in [3.63, 3.8) is 0 Å². The lowest BCUT2D eigenvalue weighted by Gasteiger charge is -2.25. The van der Waals surface area contributed by atoms with Gasteiger partial charge < -0.3 is 9.75 Å². The second-order valence-corrected chi connectivity index (χ2v) is 1.81. The van der Waals surface area contributed by atoms with Crippen LogP contribution in [0.5, 0.6) is 0 Å². The average molecular weight is 114 g/mol. The van der Waals surface area contributed by atoms with E-state index in [2.05, 4.69) is 6.58 Å². The second-order valence-electron chi connectivity index (χ2n) is 1.81. The van der Waals surface area contributed by atoms with Gasteiger partial charge in [0.25, 0.3) is 0 Å². The molecule has 0 aromatic rings. The van der Waals surface area contributed by atoms with Crippen LogP contribution in [0.4, 0.5) is 0 Å². The molecular formula is C5H10N2O. The Morgan fingerprint density at radius 3 is 2.88 bits per heavy atom. The maximum absolute atomic E-state index is 5.43. The molecule has 0 saturated carbocycles. The summed E-state index contributed by atoms with van der Waals surface area (Å²) in [6, 6.07) is 0. The fourth-order valence-electron chi connectivity index (χ4n) is 0.594. The largest absolute Gasteiger partial charge is 0.373 e. The molecule has 0 aromatic heterocycles. The highest BCUT2D eigenvalue weighted by molar-refractivity contribution is 4.93. The van der Waals surface area contributed by atoms with Gasteiger partial charge >= 0.3 is 0 Å². The average Bonchev–Trinajstić information content (AvgIpc) is 1.77. The summed E-state index contributed by atoms with van der Waals surface area (Å²) in [7, 11) is 0. The molecule has 0 aliphatic carbocycles. The molecule has 0 unspecified atom stereocenters. The minimum Gasteiger partial charge on any atom is -0.373 e. The minimum absolute atomic E-state index is 0.580. The lowest BCUT2D eigenvalue weighted by molar-refractivity contribution is 0.0741. The highest BCUT2D eigenvalue weighted by Gasteiger charge is 2.07. The highest BCUT2D eigenvalue weighted by atomic mass is 16.5. The zero-order valence-corrected chi connectivity index (χ0v) is 4.76. The molecule has 1 rings (SSSR count). The summed E-state index contributed by atoms with van der Waals surface area (Å²) in [4.78, 5) is 0. The zero-order valence-electron chi connectivity index (χ0n) is 4.76. The molecular weight excluding hydrogens is 104 g/mol. The van der Waals surface area contributed by atoms with Gasteiger partial charge in [0.15, 0.2) is 0 Å². The van der Waals surface area contributed by atoms with Gasteiger partial charge in [-0.2, -0.15) is 0 Å². The second kappa shape index (κ2) is 2.15. The van der Waals surface area contributed by atoms with Crippen LogP contribution >= 0.6 is 0 Å². The van der Waals surface area contributed by atoms with E-state index in [0.717, 1.165) is 18.8 Å². The first-order chi connectivity index (χ1) is 3.80. The molecule has 1 heterocycles. The fourth-order valence-corrected chi connectivity index (χ4v) is 0.594. The van der Waals surface area contributed by atoms with E-state index < -0.39 is 0 Å². The predicted octanol–water partition coefficient (Wildman–Crippen LogP) is -0.294. The molecule has 0 amide bonds. The van der Waals surface area contributed by atoms with Crippen LogP contribution < -0.4 is 5.84 Å². The molecule has 1 fully saturated rings. The standard InChI is InChI=1S/C5H10N2O/c1-5-4-8-3-2-7(5)6/h1-4,6H2. The Balaban J connectivity index is 2.39. The van der Waals surface area contributed by atoms with Gasteiger partial charge in [0.2, 0.25) is 0 Å². The Bertz CT molecular complexity index is 103. The highest BCUT2D eigenvalue weighted by Crippen LogP contribution is 2.00. The van der Waals surface area contributed by atoms with Crippen molar-refractivity contribution in [1.29, 1.82) is 0 Å². The Labute approximate surface area is 48.7 Å². The minimum atomic E-state index is 0.580. The van der Waals surface area contributed by atoms with Gasteiger partial charge in [0.1, 0.15) is 0 Å². The lowest BCUT2D eigenvalue weighted by Crippen LogP contribution is -2.38. The van der Waals surface area contributed by atoms with Gasteiger partial charge in [-0.1, -0.05) is 6.58 Å². The van der Waals surface area contributed by atoms with Gasteiger partial charge in [0.05, 0.1) is 19.8 Å². The number of ether oxygens (including phenoxy) is 1. The zero-order chi connectivity index (χ0) is 5.98. The smallest absolute Gasteiger partial charge is 0.0873 e. The summed E-state index contributed by atoms with van der Waals surface area (Å²) in [5.41, 5.74) is 0.858. The van der Waals surface area contributed by atoms with Gasteiger partial charge in [-0.3, -0.25) is 0 Å². The van der Waals surface area contributed by atoms with Crippen molar-refractivity contribution in [3.05, 3.63) is 12.3 Å². The third-order valence-corrected chi connectivity index (χ3v) is 1.15. The predicted molar refractivity (Wildman–Crippen MR) is 30.9 cm³/mol. The van der Waals surface area contributed by atoms with E-state index in [0.29, 0.717) is 6.61 Å². The molecule has 8 heavy (non-hydrogen) atoms. The van der Waals surface area contributed by atoms with Crippen LogP contribution in [-0.4, -0.2) is 24.8 Å². The summed E-state index contributed by atoms with van der Waals surface area (Å²) in [6.45, 7) is 5.73. The Hall–Kier alpha value is -0.540. The molecule has 1 aliphatic heterocycles. The Morgan fingerprint density at radius 1 is 1.75 bits per heavy atom. The fraction of sp³-hybridized carbons (Fsp3) is 0.600. The number of rotatable bonds is 0. The first kappa shape index (κ1) is 5.59. The van der Waals surface area contributed by atoms with Crippen LogP contribution in [0.3, 0.4) is 0 Å². The molecule has 3 heteroatoms. The normalized spacial score (nSPS) is 21.6. The molecule has 2 N–H and O–H groups in total. The maximum atomic E-state index is 5.43. The van der Waals surface area contributed by atoms with Crippen LogP contribution in [0, 0.1) is 0 Å². The van der Waals surface area contributed by atoms with Gasteiger partial charge in [-0.15, -0.1) is 0 Å². The molecule has 46 valence electrons. The number of nitrogens with zero attached hydrogens (tertiary/aromatic N) is 1. The quantitative estimate of drug-likeness (QED) is 0.440. The van der Waals surface area contributed by atoms with Crippen molar-refractivity contribution < 1.29 is 4.74 Å². The number of morpholine rings is 1. The van der Waals surface area contributed by atoms with E-state index in [4.69, 9.17) is 10.6 Å². The summed E-state index contributed by atoms with van der Waals surface area (Å²) < 4.78 is 5.03. The number of hydrogen-bond acceptors (Lipinski definition) is 3. The third kappa shape index (κ3) is 0.993. The van der Waals surface area contributed by atoms with Crippen molar-refractivity contribution in [1.82, 2.24) is 5.01 Å². The third-order valence-electron chi connectivity index (χ3n) is 1.15. The molecule has 0 atom stereocenters.